The molecule has 2 N–H and O–H groups in total. The summed E-state index contributed by atoms with van der Waals surface area (Å²) in [4.78, 5) is 12.4. The van der Waals surface area contributed by atoms with Crippen LogP contribution in [0, 0.1) is 13.8 Å². The van der Waals surface area contributed by atoms with Crippen LogP contribution in [-0.4, -0.2) is 25.9 Å². The number of benzene rings is 1. The Hall–Kier alpha value is -2.63. The van der Waals surface area contributed by atoms with Crippen LogP contribution in [-0.2, 0) is 7.05 Å². The van der Waals surface area contributed by atoms with E-state index < -0.39 is 0 Å². The smallest absolute Gasteiger partial charge is 0.276 e. The fourth-order valence-corrected chi connectivity index (χ4v) is 2.29. The summed E-state index contributed by atoms with van der Waals surface area (Å²) in [6, 6.07) is 7.66. The van der Waals surface area contributed by atoms with Gasteiger partial charge in [0.1, 0.15) is 0 Å². The number of amides is 1. The zero-order chi connectivity index (χ0) is 14.3. The number of para-hydroxylation sites is 1. The maximum Gasteiger partial charge on any atom is 0.276 e. The Balaban J connectivity index is 2.01. The predicted octanol–water partition coefficient (Wildman–Crippen LogP) is 2.17. The molecule has 102 valence electrons. The molecule has 6 nitrogen and oxygen atoms in total. The molecule has 2 aromatic heterocycles. The van der Waals surface area contributed by atoms with Gasteiger partial charge in [-0.1, -0.05) is 18.2 Å². The second kappa shape index (κ2) is 4.48. The number of H-pyrrole nitrogens is 1. The van der Waals surface area contributed by atoms with E-state index in [1.165, 1.54) is 0 Å². The van der Waals surface area contributed by atoms with Crippen LogP contribution in [0.5, 0.6) is 0 Å². The van der Waals surface area contributed by atoms with Crippen molar-refractivity contribution in [1.82, 2.24) is 20.0 Å². The van der Waals surface area contributed by atoms with Gasteiger partial charge in [-0.15, -0.1) is 0 Å². The standard InChI is InChI=1S/C14H15N5O/c1-8-12(9(2)17-16-8)15-14(20)13-10-6-4-5-7-11(10)19(3)18-13/h4-7H,1-3H3,(H,15,20)(H,16,17). The molecule has 0 aliphatic heterocycles. The molecule has 0 saturated carbocycles. The zero-order valence-electron chi connectivity index (χ0n) is 11.6. The van der Waals surface area contributed by atoms with Crippen LogP contribution in [0.25, 0.3) is 10.9 Å². The maximum atomic E-state index is 12.4. The molecule has 20 heavy (non-hydrogen) atoms. The Morgan fingerprint density at radius 3 is 2.75 bits per heavy atom. The Kier molecular flexibility index (Phi) is 2.78. The molecule has 0 bridgehead atoms. The molecular weight excluding hydrogens is 254 g/mol. The largest absolute Gasteiger partial charge is 0.317 e. The predicted molar refractivity (Wildman–Crippen MR) is 76.7 cm³/mol. The van der Waals surface area contributed by atoms with Crippen LogP contribution in [0.2, 0.25) is 0 Å². The van der Waals surface area contributed by atoms with E-state index in [2.05, 4.69) is 20.6 Å². The number of hydrogen-bond acceptors (Lipinski definition) is 3. The molecule has 0 radical (unpaired) electrons. The number of nitrogens with zero attached hydrogens (tertiary/aromatic N) is 3. The Labute approximate surface area is 115 Å². The molecule has 0 spiro atoms. The summed E-state index contributed by atoms with van der Waals surface area (Å²) in [5, 5.41) is 14.9. The molecule has 0 fully saturated rings. The first kappa shape index (κ1) is 12.4. The minimum absolute atomic E-state index is 0.227. The molecule has 0 atom stereocenters. The molecule has 6 heteroatoms. The van der Waals surface area contributed by atoms with Crippen molar-refractivity contribution in [1.29, 1.82) is 0 Å². The molecule has 3 rings (SSSR count). The highest BCUT2D eigenvalue weighted by Crippen LogP contribution is 2.21. The number of nitrogens with one attached hydrogen (secondary N) is 2. The van der Waals surface area contributed by atoms with Crippen LogP contribution in [0.4, 0.5) is 5.69 Å². The van der Waals surface area contributed by atoms with E-state index in [1.807, 2.05) is 45.2 Å². The van der Waals surface area contributed by atoms with E-state index in [4.69, 9.17) is 0 Å². The van der Waals surface area contributed by atoms with Gasteiger partial charge in [-0.2, -0.15) is 10.2 Å². The summed E-state index contributed by atoms with van der Waals surface area (Å²) in [6.45, 7) is 3.71. The highest BCUT2D eigenvalue weighted by atomic mass is 16.2. The van der Waals surface area contributed by atoms with Gasteiger partial charge in [0.15, 0.2) is 5.69 Å². The van der Waals surface area contributed by atoms with Crippen molar-refractivity contribution in [2.24, 2.45) is 7.05 Å². The molecule has 0 saturated heterocycles. The van der Waals surface area contributed by atoms with Gasteiger partial charge in [-0.25, -0.2) is 0 Å². The van der Waals surface area contributed by atoms with Crippen LogP contribution in [0.3, 0.4) is 0 Å². The molecule has 0 unspecified atom stereocenters. The Morgan fingerprint density at radius 2 is 2.05 bits per heavy atom. The van der Waals surface area contributed by atoms with Crippen molar-refractivity contribution in [3.05, 3.63) is 41.3 Å². The normalized spacial score (nSPS) is 10.9. The SMILES string of the molecule is Cc1n[nH]c(C)c1NC(=O)c1nn(C)c2ccccc12. The molecule has 2 heterocycles. The van der Waals surface area contributed by atoms with E-state index in [1.54, 1.807) is 4.68 Å². The monoisotopic (exact) mass is 269 g/mol. The first-order chi connectivity index (χ1) is 9.58. The number of fused-ring (bicyclic) bond motifs is 1. The van der Waals surface area contributed by atoms with Gasteiger partial charge in [0.2, 0.25) is 0 Å². The summed E-state index contributed by atoms with van der Waals surface area (Å²) >= 11 is 0. The molecule has 0 aliphatic rings. The highest BCUT2D eigenvalue weighted by molar-refractivity contribution is 6.11. The summed E-state index contributed by atoms with van der Waals surface area (Å²) in [7, 11) is 1.83. The lowest BCUT2D eigenvalue weighted by Gasteiger charge is -2.03. The Bertz CT molecular complexity index is 780. The fraction of sp³-hybridized carbons (Fsp3) is 0.214. The zero-order valence-corrected chi connectivity index (χ0v) is 11.6. The fourth-order valence-electron chi connectivity index (χ4n) is 2.29. The van der Waals surface area contributed by atoms with Gasteiger partial charge in [-0.3, -0.25) is 14.6 Å². The van der Waals surface area contributed by atoms with Gasteiger partial charge in [-0.05, 0) is 19.9 Å². The first-order valence-electron chi connectivity index (χ1n) is 6.32. The van der Waals surface area contributed by atoms with Crippen molar-refractivity contribution in [3.63, 3.8) is 0 Å². The van der Waals surface area contributed by atoms with E-state index in [9.17, 15) is 4.79 Å². The lowest BCUT2D eigenvalue weighted by Crippen LogP contribution is -2.14. The lowest BCUT2D eigenvalue weighted by molar-refractivity contribution is 0.102. The Morgan fingerprint density at radius 1 is 1.30 bits per heavy atom. The van der Waals surface area contributed by atoms with Gasteiger partial charge >= 0.3 is 0 Å². The average Bonchev–Trinajstić information content (AvgIpc) is 2.94. The minimum Gasteiger partial charge on any atom is -0.317 e. The topological polar surface area (TPSA) is 75.6 Å². The number of aryl methyl sites for hydroxylation is 3. The van der Waals surface area contributed by atoms with Crippen molar-refractivity contribution < 1.29 is 4.79 Å². The number of aromatic amines is 1. The number of hydrogen-bond donors (Lipinski definition) is 2. The number of anilines is 1. The second-order valence-electron chi connectivity index (χ2n) is 4.75. The van der Waals surface area contributed by atoms with Crippen molar-refractivity contribution in [2.75, 3.05) is 5.32 Å². The summed E-state index contributed by atoms with van der Waals surface area (Å²) in [5.74, 6) is -0.227. The first-order valence-corrected chi connectivity index (χ1v) is 6.32. The van der Waals surface area contributed by atoms with Crippen LogP contribution in [0.1, 0.15) is 21.9 Å². The third-order valence-electron chi connectivity index (χ3n) is 3.34. The van der Waals surface area contributed by atoms with Gasteiger partial charge in [0, 0.05) is 12.4 Å². The van der Waals surface area contributed by atoms with Crippen molar-refractivity contribution in [2.45, 2.75) is 13.8 Å². The van der Waals surface area contributed by atoms with Gasteiger partial charge in [0.05, 0.1) is 22.6 Å². The molecule has 0 aliphatic carbocycles. The third-order valence-corrected chi connectivity index (χ3v) is 3.34. The molecule has 1 amide bonds. The summed E-state index contributed by atoms with van der Waals surface area (Å²) in [5.41, 5.74) is 3.65. The van der Waals surface area contributed by atoms with E-state index >= 15 is 0 Å². The molecular formula is C14H15N5O. The maximum absolute atomic E-state index is 12.4. The number of aromatic nitrogens is 4. The van der Waals surface area contributed by atoms with Gasteiger partial charge < -0.3 is 5.32 Å². The quantitative estimate of drug-likeness (QED) is 0.748. The van der Waals surface area contributed by atoms with E-state index in [-0.39, 0.29) is 5.91 Å². The van der Waals surface area contributed by atoms with Crippen LogP contribution in [0.15, 0.2) is 24.3 Å². The highest BCUT2D eigenvalue weighted by Gasteiger charge is 2.18. The van der Waals surface area contributed by atoms with Crippen molar-refractivity contribution in [3.8, 4) is 0 Å². The number of carbonyl (C=O) groups is 1. The number of carbonyl (C=O) groups excluding carboxylic acids is 1. The van der Waals surface area contributed by atoms with Crippen molar-refractivity contribution >= 4 is 22.5 Å². The van der Waals surface area contributed by atoms with Gasteiger partial charge in [0.25, 0.3) is 5.91 Å². The van der Waals surface area contributed by atoms with Crippen LogP contribution >= 0.6 is 0 Å². The molecule has 1 aromatic carbocycles. The average molecular weight is 269 g/mol. The summed E-state index contributed by atoms with van der Waals surface area (Å²) < 4.78 is 1.71. The lowest BCUT2D eigenvalue weighted by atomic mass is 10.2. The third kappa shape index (κ3) is 1.85. The van der Waals surface area contributed by atoms with E-state index in [0.29, 0.717) is 11.4 Å². The second-order valence-corrected chi connectivity index (χ2v) is 4.75. The molecule has 3 aromatic rings. The summed E-state index contributed by atoms with van der Waals surface area (Å²) in [6.07, 6.45) is 0. The minimum atomic E-state index is -0.227. The van der Waals surface area contributed by atoms with Crippen LogP contribution < -0.4 is 5.32 Å². The number of rotatable bonds is 2. The van der Waals surface area contributed by atoms with E-state index in [0.717, 1.165) is 22.3 Å².